The SMILES string of the molecule is CNC(Cc1cncs1)Cc1ccc(F)cc1Cl. The number of benzene rings is 1. The lowest BCUT2D eigenvalue weighted by Crippen LogP contribution is -2.29. The first kappa shape index (κ1) is 13.5. The van der Waals surface area contributed by atoms with Gasteiger partial charge in [0.1, 0.15) is 5.82 Å². The lowest BCUT2D eigenvalue weighted by atomic mass is 10.0. The van der Waals surface area contributed by atoms with Gasteiger partial charge in [-0.25, -0.2) is 4.39 Å². The largest absolute Gasteiger partial charge is 0.316 e. The molecule has 2 rings (SSSR count). The van der Waals surface area contributed by atoms with E-state index < -0.39 is 0 Å². The van der Waals surface area contributed by atoms with E-state index in [1.54, 1.807) is 17.4 Å². The van der Waals surface area contributed by atoms with Gasteiger partial charge in [0.25, 0.3) is 0 Å². The molecule has 0 fully saturated rings. The summed E-state index contributed by atoms with van der Waals surface area (Å²) >= 11 is 7.67. The zero-order valence-corrected chi connectivity index (χ0v) is 11.6. The molecule has 2 nitrogen and oxygen atoms in total. The van der Waals surface area contributed by atoms with Crippen LogP contribution in [0.5, 0.6) is 0 Å². The summed E-state index contributed by atoms with van der Waals surface area (Å²) in [5.74, 6) is -0.299. The van der Waals surface area contributed by atoms with Crippen molar-refractivity contribution in [3.8, 4) is 0 Å². The van der Waals surface area contributed by atoms with Crippen LogP contribution in [0, 0.1) is 5.82 Å². The predicted octanol–water partition coefficient (Wildman–Crippen LogP) is 3.31. The molecule has 0 saturated carbocycles. The van der Waals surface area contributed by atoms with Gasteiger partial charge in [-0.15, -0.1) is 11.3 Å². The molecule has 1 unspecified atom stereocenters. The Morgan fingerprint density at radius 3 is 2.89 bits per heavy atom. The van der Waals surface area contributed by atoms with Crippen LogP contribution in [-0.2, 0) is 12.8 Å². The van der Waals surface area contributed by atoms with Crippen LogP contribution in [0.3, 0.4) is 0 Å². The van der Waals surface area contributed by atoms with E-state index in [4.69, 9.17) is 11.6 Å². The van der Waals surface area contributed by atoms with Gasteiger partial charge in [-0.05, 0) is 37.6 Å². The summed E-state index contributed by atoms with van der Waals surface area (Å²) in [5.41, 5.74) is 2.79. The molecule has 1 aromatic carbocycles. The van der Waals surface area contributed by atoms with Crippen molar-refractivity contribution in [3.05, 3.63) is 51.2 Å². The number of nitrogens with zero attached hydrogens (tertiary/aromatic N) is 1. The van der Waals surface area contributed by atoms with Crippen molar-refractivity contribution in [2.45, 2.75) is 18.9 Å². The minimum absolute atomic E-state index is 0.272. The maximum absolute atomic E-state index is 13.0. The van der Waals surface area contributed by atoms with E-state index in [2.05, 4.69) is 10.3 Å². The highest BCUT2D eigenvalue weighted by atomic mass is 35.5. The lowest BCUT2D eigenvalue weighted by molar-refractivity contribution is 0.558. The Labute approximate surface area is 115 Å². The van der Waals surface area contributed by atoms with E-state index in [0.29, 0.717) is 5.02 Å². The molecule has 0 radical (unpaired) electrons. The minimum atomic E-state index is -0.299. The van der Waals surface area contributed by atoms with Crippen molar-refractivity contribution in [1.82, 2.24) is 10.3 Å². The topological polar surface area (TPSA) is 24.9 Å². The van der Waals surface area contributed by atoms with Gasteiger partial charge in [-0.3, -0.25) is 4.98 Å². The quantitative estimate of drug-likeness (QED) is 0.911. The summed E-state index contributed by atoms with van der Waals surface area (Å²) in [6, 6.07) is 4.82. The molecular weight excluding hydrogens is 271 g/mol. The van der Waals surface area contributed by atoms with E-state index in [0.717, 1.165) is 18.4 Å². The Kier molecular flexibility index (Phi) is 4.69. The van der Waals surface area contributed by atoms with Gasteiger partial charge in [-0.2, -0.15) is 0 Å². The maximum Gasteiger partial charge on any atom is 0.124 e. The standard InChI is InChI=1S/C13H14ClFN2S/c1-16-11(6-12-7-17-8-18-12)4-9-2-3-10(15)5-13(9)14/h2-3,5,7-8,11,16H,4,6H2,1H3. The molecule has 5 heteroatoms. The van der Waals surface area contributed by atoms with Crippen LogP contribution >= 0.6 is 22.9 Å². The first-order chi connectivity index (χ1) is 8.69. The van der Waals surface area contributed by atoms with Crippen LogP contribution in [-0.4, -0.2) is 18.1 Å². The number of halogens is 2. The van der Waals surface area contributed by atoms with E-state index in [1.807, 2.05) is 18.8 Å². The van der Waals surface area contributed by atoms with Crippen molar-refractivity contribution < 1.29 is 4.39 Å². The highest BCUT2D eigenvalue weighted by Gasteiger charge is 2.12. The summed E-state index contributed by atoms with van der Waals surface area (Å²) in [7, 11) is 1.92. The summed E-state index contributed by atoms with van der Waals surface area (Å²) in [4.78, 5) is 5.29. The molecule has 0 bridgehead atoms. The average molecular weight is 285 g/mol. The number of hydrogen-bond donors (Lipinski definition) is 1. The molecule has 2 aromatic rings. The number of rotatable bonds is 5. The van der Waals surface area contributed by atoms with Gasteiger partial charge < -0.3 is 5.32 Å². The van der Waals surface area contributed by atoms with E-state index >= 15 is 0 Å². The molecule has 18 heavy (non-hydrogen) atoms. The van der Waals surface area contributed by atoms with Gasteiger partial charge in [0.2, 0.25) is 0 Å². The molecule has 1 heterocycles. The van der Waals surface area contributed by atoms with E-state index in [-0.39, 0.29) is 11.9 Å². The summed E-state index contributed by atoms with van der Waals surface area (Å²) in [6.07, 6.45) is 3.55. The van der Waals surface area contributed by atoms with Crippen molar-refractivity contribution >= 4 is 22.9 Å². The summed E-state index contributed by atoms with van der Waals surface area (Å²) < 4.78 is 13.0. The normalized spacial score (nSPS) is 12.6. The van der Waals surface area contributed by atoms with Gasteiger partial charge >= 0.3 is 0 Å². The molecule has 1 aromatic heterocycles. The zero-order valence-electron chi connectivity index (χ0n) is 9.99. The highest BCUT2D eigenvalue weighted by molar-refractivity contribution is 7.09. The summed E-state index contributed by atoms with van der Waals surface area (Å²) in [6.45, 7) is 0. The van der Waals surface area contributed by atoms with E-state index in [1.165, 1.54) is 17.0 Å². The predicted molar refractivity (Wildman–Crippen MR) is 73.8 cm³/mol. The zero-order chi connectivity index (χ0) is 13.0. The van der Waals surface area contributed by atoms with Crippen LogP contribution in [0.25, 0.3) is 0 Å². The Balaban J connectivity index is 2.05. The Hall–Kier alpha value is -0.970. The smallest absolute Gasteiger partial charge is 0.124 e. The van der Waals surface area contributed by atoms with Gasteiger partial charge in [0.05, 0.1) is 5.51 Å². The molecule has 96 valence electrons. The number of likely N-dealkylation sites (N-methyl/N-ethyl adjacent to an activating group) is 1. The summed E-state index contributed by atoms with van der Waals surface area (Å²) in [5, 5.41) is 3.74. The second kappa shape index (κ2) is 6.27. The molecule has 1 atom stereocenters. The van der Waals surface area contributed by atoms with Gasteiger partial charge in [0, 0.05) is 22.1 Å². The van der Waals surface area contributed by atoms with Crippen LogP contribution in [0.15, 0.2) is 29.9 Å². The fraction of sp³-hybridized carbons (Fsp3) is 0.308. The number of nitrogens with one attached hydrogen (secondary N) is 1. The Morgan fingerprint density at radius 1 is 1.44 bits per heavy atom. The fourth-order valence-corrected chi connectivity index (χ4v) is 2.74. The Bertz CT molecular complexity index is 502. The monoisotopic (exact) mass is 284 g/mol. The van der Waals surface area contributed by atoms with Crippen LogP contribution in [0.1, 0.15) is 10.4 Å². The molecule has 0 amide bonds. The molecule has 0 saturated heterocycles. The third-order valence-corrected chi connectivity index (χ3v) is 3.97. The first-order valence-electron chi connectivity index (χ1n) is 5.67. The van der Waals surface area contributed by atoms with Crippen molar-refractivity contribution in [2.24, 2.45) is 0 Å². The average Bonchev–Trinajstić information content (AvgIpc) is 2.84. The minimum Gasteiger partial charge on any atom is -0.316 e. The third-order valence-electron chi connectivity index (χ3n) is 2.82. The third kappa shape index (κ3) is 3.51. The molecule has 0 aliphatic rings. The van der Waals surface area contributed by atoms with Crippen LogP contribution < -0.4 is 5.32 Å². The first-order valence-corrected chi connectivity index (χ1v) is 6.93. The maximum atomic E-state index is 13.0. The highest BCUT2D eigenvalue weighted by Crippen LogP contribution is 2.20. The Morgan fingerprint density at radius 2 is 2.28 bits per heavy atom. The lowest BCUT2D eigenvalue weighted by Gasteiger charge is -2.16. The molecular formula is C13H14ClFN2S. The van der Waals surface area contributed by atoms with Gasteiger partial charge in [0.15, 0.2) is 0 Å². The van der Waals surface area contributed by atoms with Crippen LogP contribution in [0.2, 0.25) is 5.02 Å². The molecule has 0 aliphatic heterocycles. The second-order valence-corrected chi connectivity index (χ2v) is 5.48. The fourth-order valence-electron chi connectivity index (χ4n) is 1.81. The van der Waals surface area contributed by atoms with Crippen molar-refractivity contribution in [1.29, 1.82) is 0 Å². The van der Waals surface area contributed by atoms with Crippen molar-refractivity contribution in [3.63, 3.8) is 0 Å². The molecule has 0 spiro atoms. The van der Waals surface area contributed by atoms with Crippen molar-refractivity contribution in [2.75, 3.05) is 7.05 Å². The number of hydrogen-bond acceptors (Lipinski definition) is 3. The second-order valence-electron chi connectivity index (χ2n) is 4.10. The number of aromatic nitrogens is 1. The van der Waals surface area contributed by atoms with E-state index in [9.17, 15) is 4.39 Å². The molecule has 0 aliphatic carbocycles. The van der Waals surface area contributed by atoms with Gasteiger partial charge in [-0.1, -0.05) is 17.7 Å². The van der Waals surface area contributed by atoms with Crippen LogP contribution in [0.4, 0.5) is 4.39 Å². The molecule has 1 N–H and O–H groups in total. The number of thiazole rings is 1.